The van der Waals surface area contributed by atoms with Crippen molar-refractivity contribution >= 4 is 23.2 Å². The number of nitrogens with one attached hydrogen (secondary N) is 1. The second kappa shape index (κ2) is 7.12. The zero-order valence-electron chi connectivity index (χ0n) is 11.8. The van der Waals surface area contributed by atoms with Crippen molar-refractivity contribution in [1.29, 1.82) is 0 Å². The lowest BCUT2D eigenvalue weighted by atomic mass is 9.99. The van der Waals surface area contributed by atoms with Crippen molar-refractivity contribution in [2.24, 2.45) is 0 Å². The largest absolute Gasteiger partial charge is 0.494 e. The molecule has 0 saturated heterocycles. The summed E-state index contributed by atoms with van der Waals surface area (Å²) in [5.41, 5.74) is 1.88. The Morgan fingerprint density at radius 2 is 1.90 bits per heavy atom. The second-order valence-corrected chi connectivity index (χ2v) is 5.50. The fraction of sp³-hybridized carbons (Fsp3) is 0.250. The molecule has 0 spiro atoms. The molecule has 2 nitrogen and oxygen atoms in total. The minimum Gasteiger partial charge on any atom is -0.494 e. The predicted octanol–water partition coefficient (Wildman–Crippen LogP) is 4.64. The quantitative estimate of drug-likeness (QED) is 0.863. The molecule has 0 aliphatic carbocycles. The minimum atomic E-state index is -0.362. The molecule has 0 heterocycles. The summed E-state index contributed by atoms with van der Waals surface area (Å²) < 4.78 is 18.7. The van der Waals surface area contributed by atoms with Gasteiger partial charge >= 0.3 is 0 Å². The first-order chi connectivity index (χ1) is 10.0. The molecule has 1 N–H and O–H groups in total. The first-order valence-corrected chi connectivity index (χ1v) is 7.25. The molecular weight excluding hydrogens is 312 g/mol. The maximum Gasteiger partial charge on any atom is 0.165 e. The van der Waals surface area contributed by atoms with Crippen LogP contribution in [0.5, 0.6) is 5.75 Å². The summed E-state index contributed by atoms with van der Waals surface area (Å²) >= 11 is 12.0. The molecule has 0 aromatic heterocycles. The van der Waals surface area contributed by atoms with E-state index >= 15 is 0 Å². The fourth-order valence-electron chi connectivity index (χ4n) is 2.19. The number of halogens is 3. The van der Waals surface area contributed by atoms with E-state index in [1.54, 1.807) is 12.1 Å². The number of rotatable bonds is 5. The Balaban J connectivity index is 2.22. The van der Waals surface area contributed by atoms with Crippen molar-refractivity contribution < 1.29 is 9.13 Å². The van der Waals surface area contributed by atoms with Crippen LogP contribution in [0.4, 0.5) is 4.39 Å². The Labute approximate surface area is 133 Å². The van der Waals surface area contributed by atoms with Gasteiger partial charge in [0.15, 0.2) is 11.6 Å². The molecule has 21 heavy (non-hydrogen) atoms. The van der Waals surface area contributed by atoms with Crippen LogP contribution in [0.15, 0.2) is 36.4 Å². The number of likely N-dealkylation sites (N-methyl/N-ethyl adjacent to an activating group) is 1. The van der Waals surface area contributed by atoms with Crippen LogP contribution in [0.25, 0.3) is 0 Å². The summed E-state index contributed by atoms with van der Waals surface area (Å²) in [4.78, 5) is 0. The molecule has 2 aromatic rings. The highest BCUT2D eigenvalue weighted by Gasteiger charge is 2.13. The van der Waals surface area contributed by atoms with Crippen LogP contribution in [0.2, 0.25) is 10.0 Å². The van der Waals surface area contributed by atoms with Crippen molar-refractivity contribution in [3.8, 4) is 5.75 Å². The van der Waals surface area contributed by atoms with Crippen LogP contribution in [-0.2, 0) is 6.42 Å². The van der Waals surface area contributed by atoms with Gasteiger partial charge < -0.3 is 10.1 Å². The lowest BCUT2D eigenvalue weighted by Gasteiger charge is -2.18. The van der Waals surface area contributed by atoms with Crippen molar-refractivity contribution in [2.45, 2.75) is 12.5 Å². The van der Waals surface area contributed by atoms with E-state index in [4.69, 9.17) is 27.9 Å². The van der Waals surface area contributed by atoms with E-state index in [9.17, 15) is 4.39 Å². The highest BCUT2D eigenvalue weighted by atomic mass is 35.5. The number of hydrogen-bond donors (Lipinski definition) is 1. The maximum absolute atomic E-state index is 13.7. The summed E-state index contributed by atoms with van der Waals surface area (Å²) in [5, 5.41) is 4.23. The van der Waals surface area contributed by atoms with E-state index in [1.165, 1.54) is 13.2 Å². The maximum atomic E-state index is 13.7. The Hall–Kier alpha value is -1.29. The number of methoxy groups -OCH3 is 1. The summed E-state index contributed by atoms with van der Waals surface area (Å²) in [7, 11) is 3.30. The van der Waals surface area contributed by atoms with Crippen LogP contribution >= 0.6 is 23.2 Å². The SMILES string of the molecule is CNC(Cc1ccc(OC)c(F)c1)c1ccc(Cl)c(Cl)c1. The second-order valence-electron chi connectivity index (χ2n) is 4.69. The zero-order chi connectivity index (χ0) is 15.4. The third kappa shape index (κ3) is 3.88. The Morgan fingerprint density at radius 1 is 1.14 bits per heavy atom. The van der Waals surface area contributed by atoms with E-state index in [1.807, 2.05) is 25.2 Å². The Bertz CT molecular complexity index is 634. The summed E-state index contributed by atoms with van der Waals surface area (Å²) in [6.07, 6.45) is 0.634. The van der Waals surface area contributed by atoms with Gasteiger partial charge in [-0.15, -0.1) is 0 Å². The standard InChI is InChI=1S/C16H16Cl2FNO/c1-20-15(11-4-5-12(17)13(18)9-11)8-10-3-6-16(21-2)14(19)7-10/h3-7,9,15,20H,8H2,1-2H3. The van der Waals surface area contributed by atoms with E-state index in [0.29, 0.717) is 16.5 Å². The van der Waals surface area contributed by atoms with Crippen LogP contribution in [0.1, 0.15) is 17.2 Å². The van der Waals surface area contributed by atoms with Gasteiger partial charge in [0, 0.05) is 6.04 Å². The van der Waals surface area contributed by atoms with Crippen LogP contribution < -0.4 is 10.1 Å². The molecule has 0 radical (unpaired) electrons. The van der Waals surface area contributed by atoms with Gasteiger partial charge in [0.1, 0.15) is 0 Å². The molecule has 0 aliphatic rings. The van der Waals surface area contributed by atoms with Crippen molar-refractivity contribution in [2.75, 3.05) is 14.2 Å². The average molecular weight is 328 g/mol. The highest BCUT2D eigenvalue weighted by molar-refractivity contribution is 6.42. The molecule has 0 fully saturated rings. The molecule has 2 rings (SSSR count). The number of benzene rings is 2. The van der Waals surface area contributed by atoms with Crippen molar-refractivity contribution in [3.05, 3.63) is 63.4 Å². The van der Waals surface area contributed by atoms with Gasteiger partial charge in [-0.25, -0.2) is 4.39 Å². The molecule has 0 bridgehead atoms. The topological polar surface area (TPSA) is 21.3 Å². The van der Waals surface area contributed by atoms with Crippen LogP contribution in [0, 0.1) is 5.82 Å². The lowest BCUT2D eigenvalue weighted by Crippen LogP contribution is -2.19. The Morgan fingerprint density at radius 3 is 2.48 bits per heavy atom. The molecule has 1 unspecified atom stereocenters. The van der Waals surface area contributed by atoms with Gasteiger partial charge in [0.2, 0.25) is 0 Å². The normalized spacial score (nSPS) is 12.2. The van der Waals surface area contributed by atoms with Gasteiger partial charge in [-0.3, -0.25) is 0 Å². The van der Waals surface area contributed by atoms with Gasteiger partial charge in [-0.2, -0.15) is 0 Å². The average Bonchev–Trinajstić information content (AvgIpc) is 2.48. The third-order valence-electron chi connectivity index (χ3n) is 3.35. The summed E-state index contributed by atoms with van der Waals surface area (Å²) in [6.45, 7) is 0. The first kappa shape index (κ1) is 16.1. The fourth-order valence-corrected chi connectivity index (χ4v) is 2.49. The molecule has 2 aromatic carbocycles. The summed E-state index contributed by atoms with van der Waals surface area (Å²) in [5.74, 6) is -0.117. The molecule has 0 aliphatic heterocycles. The minimum absolute atomic E-state index is 0.0209. The van der Waals surface area contributed by atoms with E-state index in [0.717, 1.165) is 11.1 Å². The van der Waals surface area contributed by atoms with E-state index in [2.05, 4.69) is 5.32 Å². The number of hydrogen-bond acceptors (Lipinski definition) is 2. The highest BCUT2D eigenvalue weighted by Crippen LogP contribution is 2.28. The van der Waals surface area contributed by atoms with Crippen LogP contribution in [-0.4, -0.2) is 14.2 Å². The van der Waals surface area contributed by atoms with Gasteiger partial charge in [-0.05, 0) is 48.9 Å². The molecular formula is C16H16Cl2FNO. The van der Waals surface area contributed by atoms with Gasteiger partial charge in [-0.1, -0.05) is 35.3 Å². The smallest absolute Gasteiger partial charge is 0.165 e. The van der Waals surface area contributed by atoms with Crippen molar-refractivity contribution in [3.63, 3.8) is 0 Å². The van der Waals surface area contributed by atoms with Gasteiger partial charge in [0.05, 0.1) is 17.2 Å². The van der Waals surface area contributed by atoms with E-state index < -0.39 is 0 Å². The molecule has 112 valence electrons. The molecule has 5 heteroatoms. The van der Waals surface area contributed by atoms with Crippen molar-refractivity contribution in [1.82, 2.24) is 5.32 Å². The van der Waals surface area contributed by atoms with Gasteiger partial charge in [0.25, 0.3) is 0 Å². The lowest BCUT2D eigenvalue weighted by molar-refractivity contribution is 0.386. The predicted molar refractivity (Wildman–Crippen MR) is 84.9 cm³/mol. The summed E-state index contributed by atoms with van der Waals surface area (Å²) in [6, 6.07) is 10.5. The molecule has 1 atom stereocenters. The van der Waals surface area contributed by atoms with Crippen LogP contribution in [0.3, 0.4) is 0 Å². The van der Waals surface area contributed by atoms with E-state index in [-0.39, 0.29) is 17.6 Å². The Kier molecular flexibility index (Phi) is 5.45. The first-order valence-electron chi connectivity index (χ1n) is 6.49. The zero-order valence-corrected chi connectivity index (χ0v) is 13.3. The number of ether oxygens (including phenoxy) is 1. The molecule has 0 saturated carbocycles. The molecule has 0 amide bonds. The third-order valence-corrected chi connectivity index (χ3v) is 4.09. The monoisotopic (exact) mass is 327 g/mol.